The Kier molecular flexibility index (Phi) is 3.08. The minimum absolute atomic E-state index is 0.938. The van der Waals surface area contributed by atoms with E-state index >= 15 is 0 Å². The zero-order valence-corrected chi connectivity index (χ0v) is 5.71. The van der Waals surface area contributed by atoms with E-state index < -0.39 is 0 Å². The van der Waals surface area contributed by atoms with Gasteiger partial charge in [0, 0.05) is 25.5 Å². The van der Waals surface area contributed by atoms with Crippen molar-refractivity contribution < 1.29 is 0 Å². The SMILES string of the molecule is [CH2]C(NC)=C(C)NC. The number of nitrogens with one attached hydrogen (secondary N) is 2. The maximum Gasteiger partial charge on any atom is 0.0297 e. The van der Waals surface area contributed by atoms with Gasteiger partial charge in [0.05, 0.1) is 0 Å². The molecule has 0 aromatic rings. The van der Waals surface area contributed by atoms with Gasteiger partial charge in [0.15, 0.2) is 0 Å². The largest absolute Gasteiger partial charge is 0.390 e. The molecule has 2 heteroatoms. The van der Waals surface area contributed by atoms with E-state index in [4.69, 9.17) is 0 Å². The average molecular weight is 113 g/mol. The molecule has 0 fully saturated rings. The minimum atomic E-state index is 0.938. The number of hydrogen-bond donors (Lipinski definition) is 2. The highest BCUT2D eigenvalue weighted by molar-refractivity contribution is 5.09. The first-order valence-corrected chi connectivity index (χ1v) is 2.60. The van der Waals surface area contributed by atoms with Crippen molar-refractivity contribution in [3.63, 3.8) is 0 Å². The summed E-state index contributed by atoms with van der Waals surface area (Å²) in [6.45, 7) is 5.70. The topological polar surface area (TPSA) is 24.1 Å². The number of hydrogen-bond acceptors (Lipinski definition) is 2. The van der Waals surface area contributed by atoms with Crippen molar-refractivity contribution in [2.75, 3.05) is 14.1 Å². The molecular weight excluding hydrogens is 100 g/mol. The van der Waals surface area contributed by atoms with Gasteiger partial charge in [-0.3, -0.25) is 0 Å². The van der Waals surface area contributed by atoms with Crippen LogP contribution >= 0.6 is 0 Å². The molecule has 0 saturated carbocycles. The Labute approximate surface area is 51.0 Å². The molecule has 0 heterocycles. The summed E-state index contributed by atoms with van der Waals surface area (Å²) in [4.78, 5) is 0. The second-order valence-corrected chi connectivity index (χ2v) is 1.60. The van der Waals surface area contributed by atoms with Crippen LogP contribution in [0.4, 0.5) is 0 Å². The lowest BCUT2D eigenvalue weighted by molar-refractivity contribution is 0.904. The van der Waals surface area contributed by atoms with Crippen LogP contribution in [0.2, 0.25) is 0 Å². The van der Waals surface area contributed by atoms with Crippen molar-refractivity contribution in [2.45, 2.75) is 6.92 Å². The lowest BCUT2D eigenvalue weighted by Crippen LogP contribution is -2.12. The molecule has 0 unspecified atom stereocenters. The van der Waals surface area contributed by atoms with Crippen LogP contribution in [-0.2, 0) is 0 Å². The molecule has 1 radical (unpaired) electrons. The number of allylic oxidation sites excluding steroid dienone is 2. The van der Waals surface area contributed by atoms with Crippen LogP contribution in [0.15, 0.2) is 11.4 Å². The predicted octanol–water partition coefficient (Wildman–Crippen LogP) is 0.491. The molecule has 0 aliphatic heterocycles. The fourth-order valence-electron chi connectivity index (χ4n) is 0.338. The minimum Gasteiger partial charge on any atom is -0.390 e. The van der Waals surface area contributed by atoms with Crippen LogP contribution in [0, 0.1) is 6.92 Å². The summed E-state index contributed by atoms with van der Waals surface area (Å²) in [7, 11) is 3.72. The molecule has 0 bridgehead atoms. The van der Waals surface area contributed by atoms with Gasteiger partial charge in [-0.05, 0) is 13.8 Å². The molecule has 0 aromatic carbocycles. The number of rotatable bonds is 2. The van der Waals surface area contributed by atoms with Crippen molar-refractivity contribution in [1.82, 2.24) is 10.6 Å². The highest BCUT2D eigenvalue weighted by Crippen LogP contribution is 1.90. The van der Waals surface area contributed by atoms with Crippen LogP contribution in [0.3, 0.4) is 0 Å². The van der Waals surface area contributed by atoms with Crippen LogP contribution in [0.5, 0.6) is 0 Å². The van der Waals surface area contributed by atoms with Crippen LogP contribution in [0.1, 0.15) is 6.92 Å². The van der Waals surface area contributed by atoms with Gasteiger partial charge in [-0.15, -0.1) is 0 Å². The maximum atomic E-state index is 3.73. The van der Waals surface area contributed by atoms with Gasteiger partial charge in [0.1, 0.15) is 0 Å². The van der Waals surface area contributed by atoms with E-state index in [1.54, 1.807) is 0 Å². The smallest absolute Gasteiger partial charge is 0.0297 e. The van der Waals surface area contributed by atoms with Crippen molar-refractivity contribution in [1.29, 1.82) is 0 Å². The van der Waals surface area contributed by atoms with Crippen molar-refractivity contribution >= 4 is 0 Å². The predicted molar refractivity (Wildman–Crippen MR) is 36.2 cm³/mol. The van der Waals surface area contributed by atoms with E-state index in [1.807, 2.05) is 21.0 Å². The van der Waals surface area contributed by atoms with Crippen LogP contribution in [-0.4, -0.2) is 14.1 Å². The van der Waals surface area contributed by atoms with E-state index in [1.165, 1.54) is 0 Å². The average Bonchev–Trinajstić information content (AvgIpc) is 1.84. The van der Waals surface area contributed by atoms with Crippen molar-refractivity contribution in [3.05, 3.63) is 18.3 Å². The molecule has 0 aromatic heterocycles. The van der Waals surface area contributed by atoms with Crippen LogP contribution < -0.4 is 10.6 Å². The van der Waals surface area contributed by atoms with Gasteiger partial charge in [-0.1, -0.05) is 0 Å². The Balaban J connectivity index is 3.83. The Morgan fingerprint density at radius 1 is 1.25 bits per heavy atom. The molecule has 2 nitrogen and oxygen atoms in total. The fraction of sp³-hybridized carbons (Fsp3) is 0.500. The first kappa shape index (κ1) is 7.34. The molecule has 0 aliphatic carbocycles. The van der Waals surface area contributed by atoms with Crippen molar-refractivity contribution in [2.24, 2.45) is 0 Å². The van der Waals surface area contributed by atoms with Crippen LogP contribution in [0.25, 0.3) is 0 Å². The first-order valence-electron chi connectivity index (χ1n) is 2.60. The van der Waals surface area contributed by atoms with Gasteiger partial charge in [-0.2, -0.15) is 0 Å². The van der Waals surface area contributed by atoms with E-state index in [9.17, 15) is 0 Å². The van der Waals surface area contributed by atoms with Gasteiger partial charge in [0.2, 0.25) is 0 Å². The quantitative estimate of drug-likeness (QED) is 0.544. The Hall–Kier alpha value is -0.660. The van der Waals surface area contributed by atoms with E-state index in [-0.39, 0.29) is 0 Å². The monoisotopic (exact) mass is 113 g/mol. The summed E-state index contributed by atoms with van der Waals surface area (Å²) in [6, 6.07) is 0. The first-order chi connectivity index (χ1) is 3.72. The summed E-state index contributed by atoms with van der Waals surface area (Å²) in [5.74, 6) is 0. The second kappa shape index (κ2) is 3.36. The highest BCUT2D eigenvalue weighted by atomic mass is 14.9. The molecule has 47 valence electrons. The van der Waals surface area contributed by atoms with E-state index in [0.29, 0.717) is 0 Å². The fourth-order valence-corrected chi connectivity index (χ4v) is 0.338. The molecule has 0 rings (SSSR count). The molecule has 0 atom stereocenters. The summed E-state index contributed by atoms with van der Waals surface area (Å²) in [6.07, 6.45) is 0. The zero-order chi connectivity index (χ0) is 6.57. The lowest BCUT2D eigenvalue weighted by Gasteiger charge is -2.04. The molecule has 8 heavy (non-hydrogen) atoms. The van der Waals surface area contributed by atoms with Gasteiger partial charge < -0.3 is 10.6 Å². The summed E-state index contributed by atoms with van der Waals surface area (Å²) in [5.41, 5.74) is 2.01. The van der Waals surface area contributed by atoms with Gasteiger partial charge in [0.25, 0.3) is 0 Å². The lowest BCUT2D eigenvalue weighted by atomic mass is 10.4. The summed E-state index contributed by atoms with van der Waals surface area (Å²) in [5, 5.41) is 5.89. The molecule has 0 amide bonds. The zero-order valence-electron chi connectivity index (χ0n) is 5.71. The maximum absolute atomic E-state index is 3.73. The molecular formula is C6H13N2. The van der Waals surface area contributed by atoms with E-state index in [0.717, 1.165) is 11.4 Å². The molecule has 0 saturated heterocycles. The molecule has 0 spiro atoms. The third-order valence-corrected chi connectivity index (χ3v) is 1.13. The standard InChI is InChI=1S/C6H13N2/c1-5(7-3)6(2)8-4/h7-8H,1H2,2-4H3. The third kappa shape index (κ3) is 1.87. The van der Waals surface area contributed by atoms with Crippen molar-refractivity contribution in [3.8, 4) is 0 Å². The Bertz CT molecular complexity index is 82.7. The van der Waals surface area contributed by atoms with E-state index in [2.05, 4.69) is 17.6 Å². The highest BCUT2D eigenvalue weighted by Gasteiger charge is 1.86. The van der Waals surface area contributed by atoms with Gasteiger partial charge >= 0.3 is 0 Å². The Morgan fingerprint density at radius 3 is 1.88 bits per heavy atom. The molecule has 2 N–H and O–H groups in total. The summed E-state index contributed by atoms with van der Waals surface area (Å²) < 4.78 is 0. The third-order valence-electron chi connectivity index (χ3n) is 1.13. The van der Waals surface area contributed by atoms with Gasteiger partial charge in [-0.25, -0.2) is 0 Å². The second-order valence-electron chi connectivity index (χ2n) is 1.60. The normalized spacial score (nSPS) is 12.5. The summed E-state index contributed by atoms with van der Waals surface area (Å²) >= 11 is 0. The Morgan fingerprint density at radius 2 is 1.75 bits per heavy atom. The molecule has 0 aliphatic rings.